The van der Waals surface area contributed by atoms with E-state index < -0.39 is 0 Å². The van der Waals surface area contributed by atoms with Crippen LogP contribution in [-0.4, -0.2) is 15.0 Å². The molecule has 0 atom stereocenters. The minimum atomic E-state index is 0.582. The first-order chi connectivity index (χ1) is 33.6. The zero-order valence-corrected chi connectivity index (χ0v) is 36.7. The van der Waals surface area contributed by atoms with Gasteiger partial charge in [0.05, 0.1) is 6.57 Å². The first-order valence-corrected chi connectivity index (χ1v) is 22.9. The van der Waals surface area contributed by atoms with Crippen molar-refractivity contribution in [2.75, 3.05) is 0 Å². The third kappa shape index (κ3) is 6.56. The van der Waals surface area contributed by atoms with Crippen molar-refractivity contribution >= 4 is 38.0 Å². The summed E-state index contributed by atoms with van der Waals surface area (Å²) in [6.45, 7) is 8.27. The molecule has 314 valence electrons. The molecule has 12 aromatic rings. The van der Waals surface area contributed by atoms with E-state index in [4.69, 9.17) is 21.5 Å². The summed E-state index contributed by atoms with van der Waals surface area (Å²) < 4.78 is 0. The molecular formula is C64H38N4. The maximum absolute atomic E-state index is 8.27. The topological polar surface area (TPSA) is 43.0 Å². The number of fused-ring (bicyclic) bond motifs is 6. The second kappa shape index (κ2) is 16.0. The van der Waals surface area contributed by atoms with Gasteiger partial charge in [-0.3, -0.25) is 0 Å². The third-order valence-electron chi connectivity index (χ3n) is 13.5. The predicted octanol–water partition coefficient (Wildman–Crippen LogP) is 17.2. The van der Waals surface area contributed by atoms with Crippen molar-refractivity contribution < 1.29 is 0 Å². The first kappa shape index (κ1) is 39.1. The van der Waals surface area contributed by atoms with Gasteiger partial charge in [-0.1, -0.05) is 206 Å². The van der Waals surface area contributed by atoms with E-state index in [0.29, 0.717) is 23.2 Å². The van der Waals surface area contributed by atoms with Gasteiger partial charge in [0.25, 0.3) is 0 Å². The molecule has 0 saturated heterocycles. The molecule has 0 saturated carbocycles. The van der Waals surface area contributed by atoms with E-state index in [9.17, 15) is 0 Å². The summed E-state index contributed by atoms with van der Waals surface area (Å²) in [5.41, 5.74) is 16.8. The Labute approximate surface area is 394 Å². The Hall–Kier alpha value is -9.30. The van der Waals surface area contributed by atoms with Crippen molar-refractivity contribution in [2.24, 2.45) is 0 Å². The molecule has 1 aliphatic carbocycles. The lowest BCUT2D eigenvalue weighted by Gasteiger charge is -2.15. The highest BCUT2D eigenvalue weighted by atomic mass is 15.0. The van der Waals surface area contributed by atoms with Crippen LogP contribution in [-0.2, 0) is 0 Å². The van der Waals surface area contributed by atoms with Crippen LogP contribution in [0.25, 0.3) is 138 Å². The first-order valence-electron chi connectivity index (χ1n) is 22.9. The highest BCUT2D eigenvalue weighted by molar-refractivity contribution is 6.16. The molecule has 0 N–H and O–H groups in total. The van der Waals surface area contributed by atoms with E-state index in [1.807, 2.05) is 42.5 Å². The van der Waals surface area contributed by atoms with Gasteiger partial charge in [-0.25, -0.2) is 19.8 Å². The molecule has 0 radical (unpaired) electrons. The van der Waals surface area contributed by atoms with E-state index >= 15 is 0 Å². The van der Waals surface area contributed by atoms with Crippen LogP contribution in [0.2, 0.25) is 0 Å². The van der Waals surface area contributed by atoms with Gasteiger partial charge in [0, 0.05) is 16.7 Å². The van der Waals surface area contributed by atoms with Crippen molar-refractivity contribution in [3.63, 3.8) is 0 Å². The molecule has 4 heteroatoms. The summed E-state index contributed by atoms with van der Waals surface area (Å²) in [5.74, 6) is 1.79. The van der Waals surface area contributed by atoms with Gasteiger partial charge in [-0.2, -0.15) is 0 Å². The number of hydrogen-bond acceptors (Lipinski definition) is 3. The van der Waals surface area contributed by atoms with Gasteiger partial charge in [0.2, 0.25) is 0 Å². The van der Waals surface area contributed by atoms with Crippen LogP contribution in [0, 0.1) is 6.57 Å². The lowest BCUT2D eigenvalue weighted by atomic mass is 9.90. The highest BCUT2D eigenvalue weighted by Crippen LogP contribution is 2.49. The predicted molar refractivity (Wildman–Crippen MR) is 281 cm³/mol. The Morgan fingerprint density at radius 1 is 0.279 bits per heavy atom. The molecule has 68 heavy (non-hydrogen) atoms. The van der Waals surface area contributed by atoms with E-state index in [2.05, 4.69) is 193 Å². The molecule has 0 unspecified atom stereocenters. The van der Waals surface area contributed by atoms with Gasteiger partial charge in [-0.05, 0) is 123 Å². The number of nitrogens with zero attached hydrogens (tertiary/aromatic N) is 4. The van der Waals surface area contributed by atoms with Gasteiger partial charge in [0.1, 0.15) is 0 Å². The van der Waals surface area contributed by atoms with Crippen LogP contribution in [0.4, 0.5) is 5.69 Å². The highest BCUT2D eigenvalue weighted by Gasteiger charge is 2.22. The fourth-order valence-electron chi connectivity index (χ4n) is 10.3. The fourth-order valence-corrected chi connectivity index (χ4v) is 10.3. The SMILES string of the molecule is [C-]#[N+]c1cccc(-c2ccc(-c3nc(-c4ccccc4)nc(-c4cccc(-c5cc6ccccc6c6ccccc56)c4)n3)cc2)c1-c1cccc(-c2ccc3c(c2)-c2cccc4cccc-3c24)c1. The minimum Gasteiger partial charge on any atom is -0.237 e. The Bertz CT molecular complexity index is 4030. The molecule has 4 nitrogen and oxygen atoms in total. The summed E-state index contributed by atoms with van der Waals surface area (Å²) in [4.78, 5) is 19.4. The molecule has 1 aliphatic rings. The Kier molecular flexibility index (Phi) is 9.20. The molecule has 0 amide bonds. The number of benzene rings is 11. The number of aromatic nitrogens is 3. The quantitative estimate of drug-likeness (QED) is 0.118. The van der Waals surface area contributed by atoms with Crippen molar-refractivity contribution in [2.45, 2.75) is 0 Å². The molecule has 13 rings (SSSR count). The molecule has 0 spiro atoms. The van der Waals surface area contributed by atoms with Gasteiger partial charge < -0.3 is 0 Å². The summed E-state index contributed by atoms with van der Waals surface area (Å²) in [5, 5.41) is 7.45. The van der Waals surface area contributed by atoms with Crippen LogP contribution < -0.4 is 0 Å². The van der Waals surface area contributed by atoms with Crippen molar-refractivity contribution in [1.29, 1.82) is 0 Å². The Morgan fingerprint density at radius 3 is 1.57 bits per heavy atom. The average molecular weight is 863 g/mol. The van der Waals surface area contributed by atoms with Crippen molar-refractivity contribution in [3.05, 3.63) is 242 Å². The number of hydrogen-bond donors (Lipinski definition) is 0. The molecule has 1 heterocycles. The standard InChI is InChI=1S/C64H38N4/c1-65-59-29-13-26-51(61(59)48-21-9-19-44(36-48)45-34-35-54-55-27-11-17-41-18-12-28-56(60(41)55)58(54)38-45)40-30-32-43(33-31-40)63-66-62(42-14-3-2-4-15-42)67-64(68-63)49-22-10-20-46(37-49)57-39-47-16-5-6-23-50(47)52-24-7-8-25-53(52)57/h2-39H. The second-order valence-electron chi connectivity index (χ2n) is 17.4. The fraction of sp³-hybridized carbons (Fsp3) is 0. The summed E-state index contributed by atoms with van der Waals surface area (Å²) in [7, 11) is 0. The zero-order valence-electron chi connectivity index (χ0n) is 36.7. The van der Waals surface area contributed by atoms with Gasteiger partial charge in [-0.15, -0.1) is 0 Å². The summed E-state index contributed by atoms with van der Waals surface area (Å²) in [6, 6.07) is 81.0. The monoisotopic (exact) mass is 862 g/mol. The smallest absolute Gasteiger partial charge is 0.195 e. The Balaban J connectivity index is 0.875. The molecule has 0 aliphatic heterocycles. The van der Waals surface area contributed by atoms with E-state index in [0.717, 1.165) is 61.2 Å². The zero-order chi connectivity index (χ0) is 45.1. The Morgan fingerprint density at radius 2 is 0.794 bits per heavy atom. The number of rotatable bonds is 7. The molecular weight excluding hydrogens is 825 g/mol. The largest absolute Gasteiger partial charge is 0.237 e. The third-order valence-corrected chi connectivity index (χ3v) is 13.5. The van der Waals surface area contributed by atoms with Crippen LogP contribution in [0.3, 0.4) is 0 Å². The molecule has 1 aromatic heterocycles. The minimum absolute atomic E-state index is 0.582. The molecule has 11 aromatic carbocycles. The molecule has 0 bridgehead atoms. The van der Waals surface area contributed by atoms with Crippen LogP contribution in [0.5, 0.6) is 0 Å². The molecule has 0 fully saturated rings. The van der Waals surface area contributed by atoms with Gasteiger partial charge in [0.15, 0.2) is 23.2 Å². The van der Waals surface area contributed by atoms with Gasteiger partial charge >= 0.3 is 0 Å². The van der Waals surface area contributed by atoms with E-state index in [1.54, 1.807) is 0 Å². The summed E-state index contributed by atoms with van der Waals surface area (Å²) >= 11 is 0. The van der Waals surface area contributed by atoms with Crippen molar-refractivity contribution in [1.82, 2.24) is 15.0 Å². The maximum Gasteiger partial charge on any atom is 0.195 e. The normalized spacial score (nSPS) is 11.5. The maximum atomic E-state index is 8.27. The second-order valence-corrected chi connectivity index (χ2v) is 17.4. The van der Waals surface area contributed by atoms with E-state index in [1.165, 1.54) is 54.6 Å². The van der Waals surface area contributed by atoms with E-state index in [-0.39, 0.29) is 0 Å². The lowest BCUT2D eigenvalue weighted by molar-refractivity contribution is 1.07. The summed E-state index contributed by atoms with van der Waals surface area (Å²) in [6.07, 6.45) is 0. The van der Waals surface area contributed by atoms with Crippen LogP contribution >= 0.6 is 0 Å². The van der Waals surface area contributed by atoms with Crippen LogP contribution in [0.15, 0.2) is 231 Å². The van der Waals surface area contributed by atoms with Crippen molar-refractivity contribution in [3.8, 4) is 101 Å². The van der Waals surface area contributed by atoms with Crippen LogP contribution in [0.1, 0.15) is 0 Å². The average Bonchev–Trinajstić information content (AvgIpc) is 3.74. The lowest BCUT2D eigenvalue weighted by Crippen LogP contribution is -2.00.